The van der Waals surface area contributed by atoms with Crippen molar-refractivity contribution in [2.24, 2.45) is 6.98 Å². The molecule has 138 valence electrons. The number of nitrogens with one attached hydrogen (secondary N) is 1. The fourth-order valence-corrected chi connectivity index (χ4v) is 3.35. The quantitative estimate of drug-likeness (QED) is 0.786. The van der Waals surface area contributed by atoms with Gasteiger partial charge in [-0.15, -0.1) is 0 Å². The maximum atomic E-state index is 12.4. The van der Waals surface area contributed by atoms with Crippen LogP contribution >= 0.6 is 15.9 Å². The van der Waals surface area contributed by atoms with Gasteiger partial charge in [0.15, 0.2) is 0 Å². The van der Waals surface area contributed by atoms with Gasteiger partial charge in [0.2, 0.25) is 0 Å². The molecule has 1 saturated heterocycles. The number of hydrogen-bond acceptors (Lipinski definition) is 5. The Kier molecular flexibility index (Phi) is 4.14. The second kappa shape index (κ2) is 7.36. The predicted molar refractivity (Wildman–Crippen MR) is 103 cm³/mol. The molecular weight excluding hydrogens is 402 g/mol. The Morgan fingerprint density at radius 2 is 2.27 bits per heavy atom. The minimum Gasteiger partial charge on any atom is -0.465 e. The number of hydrogen-bond donors (Lipinski definition) is 2. The van der Waals surface area contributed by atoms with Gasteiger partial charge in [-0.3, -0.25) is 4.79 Å². The first-order valence-electron chi connectivity index (χ1n) is 9.46. The molecule has 26 heavy (non-hydrogen) atoms. The predicted octanol–water partition coefficient (Wildman–Crippen LogP) is 2.47. The maximum Gasteiger partial charge on any atom is 0.407 e. The summed E-state index contributed by atoms with van der Waals surface area (Å²) in [6.45, 7) is 0.716. The summed E-state index contributed by atoms with van der Waals surface area (Å²) >= 11 is 3.22. The van der Waals surface area contributed by atoms with Crippen LogP contribution in [0, 0.1) is 0 Å². The van der Waals surface area contributed by atoms with Crippen LogP contribution in [0.15, 0.2) is 39.9 Å². The highest BCUT2D eigenvalue weighted by atomic mass is 79.9. The Labute approximate surface area is 163 Å². The molecule has 0 saturated carbocycles. The number of aromatic nitrogens is 2. The SMILES string of the molecule is [2H]C([2H])([2H])n1cc(Br)cc(Nc2ccc(N3CCN(C(=O)O)C[C@@H]3C)cn2)c1=O. The lowest BCUT2D eigenvalue weighted by Gasteiger charge is -2.39. The number of nitrogens with zero attached hydrogens (tertiary/aromatic N) is 4. The van der Waals surface area contributed by atoms with E-state index in [1.807, 2.05) is 13.0 Å². The van der Waals surface area contributed by atoms with Crippen LogP contribution in [0.4, 0.5) is 22.0 Å². The highest BCUT2D eigenvalue weighted by molar-refractivity contribution is 9.10. The van der Waals surface area contributed by atoms with Crippen LogP contribution in [0.3, 0.4) is 0 Å². The van der Waals surface area contributed by atoms with Gasteiger partial charge in [-0.05, 0) is 41.1 Å². The highest BCUT2D eigenvalue weighted by Crippen LogP contribution is 2.22. The summed E-state index contributed by atoms with van der Waals surface area (Å²) in [6.07, 6.45) is 1.93. The van der Waals surface area contributed by atoms with E-state index in [9.17, 15) is 9.59 Å². The number of carbonyl (C=O) groups is 1. The van der Waals surface area contributed by atoms with Crippen molar-refractivity contribution in [2.45, 2.75) is 13.0 Å². The average molecular weight is 425 g/mol. The third-order valence-electron chi connectivity index (χ3n) is 4.22. The molecule has 0 bridgehead atoms. The first kappa shape index (κ1) is 14.6. The van der Waals surface area contributed by atoms with Crippen LogP contribution in [0.25, 0.3) is 0 Å². The highest BCUT2D eigenvalue weighted by Gasteiger charge is 2.26. The molecule has 3 rings (SSSR count). The van der Waals surface area contributed by atoms with Crippen LogP contribution in [0.2, 0.25) is 0 Å². The lowest BCUT2D eigenvalue weighted by molar-refractivity contribution is 0.136. The summed E-state index contributed by atoms with van der Waals surface area (Å²) in [5.74, 6) is 0.387. The molecule has 1 aliphatic heterocycles. The van der Waals surface area contributed by atoms with Crippen LogP contribution < -0.4 is 15.8 Å². The Bertz CT molecular complexity index is 964. The second-order valence-corrected chi connectivity index (χ2v) is 6.96. The normalized spacial score (nSPS) is 19.5. The van der Waals surface area contributed by atoms with E-state index in [1.54, 1.807) is 12.3 Å². The van der Waals surface area contributed by atoms with Crippen molar-refractivity contribution < 1.29 is 14.0 Å². The van der Waals surface area contributed by atoms with Crippen molar-refractivity contribution in [2.75, 3.05) is 29.9 Å². The summed E-state index contributed by atoms with van der Waals surface area (Å²) in [7, 11) is 0. The van der Waals surface area contributed by atoms with E-state index in [2.05, 4.69) is 31.1 Å². The summed E-state index contributed by atoms with van der Waals surface area (Å²) in [4.78, 5) is 31.3. The van der Waals surface area contributed by atoms with Crippen molar-refractivity contribution in [3.05, 3.63) is 45.4 Å². The molecule has 1 amide bonds. The first-order valence-corrected chi connectivity index (χ1v) is 8.76. The van der Waals surface area contributed by atoms with Crippen LogP contribution in [-0.4, -0.2) is 51.3 Å². The number of pyridine rings is 2. The van der Waals surface area contributed by atoms with E-state index in [4.69, 9.17) is 9.22 Å². The van der Waals surface area contributed by atoms with Crippen molar-refractivity contribution in [3.63, 3.8) is 0 Å². The molecule has 8 nitrogen and oxygen atoms in total. The van der Waals surface area contributed by atoms with Gasteiger partial charge in [-0.1, -0.05) is 0 Å². The Hall–Kier alpha value is -2.55. The molecule has 0 aliphatic carbocycles. The van der Waals surface area contributed by atoms with Gasteiger partial charge in [0, 0.05) is 47.4 Å². The maximum absolute atomic E-state index is 12.4. The average Bonchev–Trinajstić information content (AvgIpc) is 2.64. The molecule has 3 heterocycles. The minimum absolute atomic E-state index is 0.00275. The second-order valence-electron chi connectivity index (χ2n) is 6.04. The Morgan fingerprint density at radius 1 is 1.46 bits per heavy atom. The Balaban J connectivity index is 1.78. The van der Waals surface area contributed by atoms with E-state index < -0.39 is 18.6 Å². The lowest BCUT2D eigenvalue weighted by Crippen LogP contribution is -2.53. The third kappa shape index (κ3) is 3.82. The van der Waals surface area contributed by atoms with E-state index in [0.717, 1.165) is 5.69 Å². The van der Waals surface area contributed by atoms with Gasteiger partial charge in [0.1, 0.15) is 11.5 Å². The van der Waals surface area contributed by atoms with Gasteiger partial charge in [0.25, 0.3) is 5.56 Å². The first-order chi connectivity index (χ1) is 13.6. The van der Waals surface area contributed by atoms with Crippen molar-refractivity contribution >= 4 is 39.2 Å². The molecule has 1 aliphatic rings. The number of piperazine rings is 1. The minimum atomic E-state index is -2.59. The summed E-state index contributed by atoms with van der Waals surface area (Å²) in [5.41, 5.74) is 0.235. The fourth-order valence-electron chi connectivity index (χ4n) is 2.92. The lowest BCUT2D eigenvalue weighted by atomic mass is 10.2. The van der Waals surface area contributed by atoms with Crippen LogP contribution in [-0.2, 0) is 6.98 Å². The Morgan fingerprint density at radius 3 is 2.88 bits per heavy atom. The smallest absolute Gasteiger partial charge is 0.407 e. The standard InChI is InChI=1S/C17H20BrN5O3/c1-11-9-22(17(25)26)5-6-23(11)13-3-4-15(19-8-13)20-14-7-12(18)10-21(2)16(14)24/h3-4,7-8,10-11H,5-6,9H2,1-2H3,(H,19,20)(H,25,26)/t11-/m0/s1/i2D3. The third-order valence-corrected chi connectivity index (χ3v) is 4.66. The number of rotatable bonds is 3. The topological polar surface area (TPSA) is 90.7 Å². The van der Waals surface area contributed by atoms with Gasteiger partial charge < -0.3 is 24.8 Å². The molecule has 2 aromatic rings. The molecule has 1 atom stereocenters. The molecular formula is C17H20BrN5O3. The molecule has 1 fully saturated rings. The number of aryl methyl sites for hydroxylation is 1. The zero-order chi connectivity index (χ0) is 21.3. The van der Waals surface area contributed by atoms with Gasteiger partial charge in [-0.2, -0.15) is 0 Å². The van der Waals surface area contributed by atoms with E-state index in [1.165, 1.54) is 17.2 Å². The zero-order valence-corrected chi connectivity index (χ0v) is 15.6. The summed E-state index contributed by atoms with van der Waals surface area (Å²) < 4.78 is 23.5. The van der Waals surface area contributed by atoms with Crippen molar-refractivity contribution in [3.8, 4) is 0 Å². The van der Waals surface area contributed by atoms with Crippen LogP contribution in [0.5, 0.6) is 0 Å². The summed E-state index contributed by atoms with van der Waals surface area (Å²) in [5, 5.41) is 12.0. The van der Waals surface area contributed by atoms with Crippen LogP contribution in [0.1, 0.15) is 11.0 Å². The molecule has 9 heteroatoms. The molecule has 0 unspecified atom stereocenters. The molecule has 2 N–H and O–H groups in total. The van der Waals surface area contributed by atoms with Crippen molar-refractivity contribution in [1.29, 1.82) is 0 Å². The number of anilines is 3. The number of amides is 1. The van der Waals surface area contributed by atoms with E-state index >= 15 is 0 Å². The molecule has 0 spiro atoms. The van der Waals surface area contributed by atoms with Gasteiger partial charge in [0.05, 0.1) is 11.9 Å². The monoisotopic (exact) mass is 424 g/mol. The van der Waals surface area contributed by atoms with E-state index in [-0.39, 0.29) is 11.7 Å². The molecule has 0 aromatic carbocycles. The van der Waals surface area contributed by atoms with Gasteiger partial charge >= 0.3 is 6.09 Å². The molecule has 0 radical (unpaired) electrons. The van der Waals surface area contributed by atoms with Crippen molar-refractivity contribution in [1.82, 2.24) is 14.5 Å². The zero-order valence-electron chi connectivity index (χ0n) is 17.0. The molecule has 2 aromatic heterocycles. The fraction of sp³-hybridized carbons (Fsp3) is 0.353. The number of halogens is 1. The summed E-state index contributed by atoms with van der Waals surface area (Å²) in [6, 6.07) is 5.00. The largest absolute Gasteiger partial charge is 0.465 e. The van der Waals surface area contributed by atoms with E-state index in [0.29, 0.717) is 34.5 Å². The van der Waals surface area contributed by atoms with Gasteiger partial charge in [-0.25, -0.2) is 9.78 Å². The number of carboxylic acid groups (broad SMARTS) is 1.